The van der Waals surface area contributed by atoms with Gasteiger partial charge in [-0.15, -0.1) is 12.4 Å². The Balaban J connectivity index is 0.000000750. The minimum Gasteiger partial charge on any atom is -0.345 e. The lowest BCUT2D eigenvalue weighted by atomic mass is 10.2. The lowest BCUT2D eigenvalue weighted by Gasteiger charge is -1.85. The molecule has 0 aliphatic carbocycles. The van der Waals surface area contributed by atoms with Crippen molar-refractivity contribution in [3.05, 3.63) is 29.0 Å². The van der Waals surface area contributed by atoms with Gasteiger partial charge in [0.2, 0.25) is 0 Å². The van der Waals surface area contributed by atoms with Crippen LogP contribution in [0.5, 0.6) is 0 Å². The van der Waals surface area contributed by atoms with Crippen molar-refractivity contribution in [2.45, 2.75) is 0 Å². The molecule has 1 aromatic carbocycles. The summed E-state index contributed by atoms with van der Waals surface area (Å²) in [5.74, 6) is -0.192. The first kappa shape index (κ1) is 8.90. The second-order valence-electron chi connectivity index (χ2n) is 2.93. The van der Waals surface area contributed by atoms with E-state index in [4.69, 9.17) is 0 Å². The molecule has 0 bridgehead atoms. The molecule has 70 valence electrons. The van der Waals surface area contributed by atoms with Gasteiger partial charge in [-0.2, -0.15) is 0 Å². The van der Waals surface area contributed by atoms with Gasteiger partial charge in [-0.05, 0) is 12.1 Å². The van der Waals surface area contributed by atoms with E-state index in [9.17, 15) is 4.79 Å². The molecule has 0 saturated heterocycles. The Morgan fingerprint density at radius 1 is 1.29 bits per heavy atom. The second-order valence-corrected chi connectivity index (χ2v) is 2.93. The number of hydrogen-bond acceptors (Lipinski definition) is 2. The highest BCUT2D eigenvalue weighted by Crippen LogP contribution is 2.02. The number of aromatic amines is 1. The summed E-state index contributed by atoms with van der Waals surface area (Å²) < 4.78 is 0. The fraction of sp³-hybridized carbons (Fsp3) is 0. The number of nitrogens with one attached hydrogen (secondary N) is 1. The Bertz CT molecular complexity index is 577. The highest BCUT2D eigenvalue weighted by atomic mass is 35.5. The monoisotopic (exact) mass is 207 g/mol. The molecule has 0 atom stereocenters. The van der Waals surface area contributed by atoms with E-state index < -0.39 is 0 Å². The Morgan fingerprint density at radius 2 is 2.14 bits per heavy atom. The van der Waals surface area contributed by atoms with Crippen LogP contribution in [-0.2, 0) is 4.79 Å². The van der Waals surface area contributed by atoms with Crippen LogP contribution in [0.1, 0.15) is 0 Å². The lowest BCUT2D eigenvalue weighted by Crippen LogP contribution is -2.20. The first-order chi connectivity index (χ1) is 6.33. The topological polar surface area (TPSA) is 58.1 Å². The van der Waals surface area contributed by atoms with Crippen molar-refractivity contribution in [2.75, 3.05) is 0 Å². The van der Waals surface area contributed by atoms with Crippen LogP contribution in [0.2, 0.25) is 0 Å². The van der Waals surface area contributed by atoms with Gasteiger partial charge in [0.1, 0.15) is 0 Å². The standard InChI is InChI=1S/C9H5N3O.ClH/c13-9-2-5-1-7-8(11-4-10-7)3-6(5)12-9;/h1-4H,(H,10,11);1H. The number of carbonyl (C=O) groups is 1. The molecular formula is C9H6ClN3O. The summed E-state index contributed by atoms with van der Waals surface area (Å²) in [4.78, 5) is 21.8. The predicted octanol–water partition coefficient (Wildman–Crippen LogP) is -0.0750. The van der Waals surface area contributed by atoms with E-state index in [1.165, 1.54) is 6.08 Å². The highest BCUT2D eigenvalue weighted by molar-refractivity contribution is 6.06. The second kappa shape index (κ2) is 2.92. The molecule has 2 aromatic rings. The normalized spacial score (nSPS) is 13.0. The van der Waals surface area contributed by atoms with Crippen LogP contribution in [-0.4, -0.2) is 15.9 Å². The average molecular weight is 208 g/mol. The molecular weight excluding hydrogens is 202 g/mol. The number of halogens is 1. The number of hydrogen-bond donors (Lipinski definition) is 1. The van der Waals surface area contributed by atoms with Gasteiger partial charge in [-0.3, -0.25) is 4.79 Å². The molecule has 0 radical (unpaired) electrons. The van der Waals surface area contributed by atoms with Crippen LogP contribution in [0.15, 0.2) is 23.5 Å². The third kappa shape index (κ3) is 1.12. The molecule has 3 rings (SSSR count). The molecule has 0 saturated carbocycles. The van der Waals surface area contributed by atoms with Crippen LogP contribution < -0.4 is 10.6 Å². The summed E-state index contributed by atoms with van der Waals surface area (Å²) in [5, 5.41) is 1.58. The zero-order chi connectivity index (χ0) is 8.84. The summed E-state index contributed by atoms with van der Waals surface area (Å²) in [6, 6.07) is 3.69. The van der Waals surface area contributed by atoms with Gasteiger partial charge in [0.15, 0.2) is 0 Å². The maximum atomic E-state index is 10.9. The first-order valence-electron chi connectivity index (χ1n) is 3.90. The number of benzene rings is 1. The largest absolute Gasteiger partial charge is 0.345 e. The van der Waals surface area contributed by atoms with E-state index in [1.807, 2.05) is 12.1 Å². The zero-order valence-corrected chi connectivity index (χ0v) is 7.84. The summed E-state index contributed by atoms with van der Waals surface area (Å²) in [6.07, 6.45) is 3.15. The lowest BCUT2D eigenvalue weighted by molar-refractivity contribution is -0.112. The summed E-state index contributed by atoms with van der Waals surface area (Å²) in [7, 11) is 0. The molecule has 1 aliphatic heterocycles. The van der Waals surface area contributed by atoms with Crippen molar-refractivity contribution in [3.8, 4) is 0 Å². The minimum atomic E-state index is -0.192. The third-order valence-corrected chi connectivity index (χ3v) is 2.08. The van der Waals surface area contributed by atoms with Gasteiger partial charge in [-0.25, -0.2) is 9.98 Å². The number of imidazole rings is 1. The van der Waals surface area contributed by atoms with Crippen molar-refractivity contribution in [1.29, 1.82) is 0 Å². The van der Waals surface area contributed by atoms with Crippen LogP contribution >= 0.6 is 12.4 Å². The van der Waals surface area contributed by atoms with E-state index in [2.05, 4.69) is 15.0 Å². The Hall–Kier alpha value is -1.68. The van der Waals surface area contributed by atoms with Gasteiger partial charge in [0, 0.05) is 11.3 Å². The van der Waals surface area contributed by atoms with Gasteiger partial charge in [0.05, 0.1) is 22.7 Å². The summed E-state index contributed by atoms with van der Waals surface area (Å²) in [6.45, 7) is 0. The maximum absolute atomic E-state index is 10.9. The van der Waals surface area contributed by atoms with Gasteiger partial charge in [-0.1, -0.05) is 0 Å². The molecule has 0 spiro atoms. The van der Waals surface area contributed by atoms with Crippen molar-refractivity contribution < 1.29 is 4.79 Å². The predicted molar refractivity (Wildman–Crippen MR) is 53.6 cm³/mol. The zero-order valence-electron chi connectivity index (χ0n) is 7.02. The van der Waals surface area contributed by atoms with Crippen molar-refractivity contribution in [2.24, 2.45) is 4.99 Å². The van der Waals surface area contributed by atoms with Crippen LogP contribution in [0.4, 0.5) is 0 Å². The number of rotatable bonds is 0. The minimum absolute atomic E-state index is 0. The van der Waals surface area contributed by atoms with E-state index in [0.717, 1.165) is 16.3 Å². The Morgan fingerprint density at radius 3 is 3.00 bits per heavy atom. The molecule has 14 heavy (non-hydrogen) atoms. The van der Waals surface area contributed by atoms with Crippen molar-refractivity contribution in [1.82, 2.24) is 9.97 Å². The molecule has 1 amide bonds. The van der Waals surface area contributed by atoms with Gasteiger partial charge < -0.3 is 4.98 Å². The molecule has 1 aliphatic rings. The number of aromatic nitrogens is 2. The number of carbonyl (C=O) groups excluding carboxylic acids is 1. The maximum Gasteiger partial charge on any atom is 0.270 e. The molecule has 0 fully saturated rings. The number of fused-ring (bicyclic) bond motifs is 2. The third-order valence-electron chi connectivity index (χ3n) is 2.08. The number of H-pyrrole nitrogens is 1. The molecule has 1 N–H and O–H groups in total. The summed E-state index contributed by atoms with van der Waals surface area (Å²) >= 11 is 0. The molecule has 0 unspecified atom stereocenters. The van der Waals surface area contributed by atoms with E-state index in [-0.39, 0.29) is 18.3 Å². The first-order valence-corrected chi connectivity index (χ1v) is 3.90. The SMILES string of the molecule is Cl.O=C1C=c2cc3[nH]cnc3cc2=N1. The Kier molecular flexibility index (Phi) is 1.86. The van der Waals surface area contributed by atoms with Crippen LogP contribution in [0.3, 0.4) is 0 Å². The smallest absolute Gasteiger partial charge is 0.270 e. The van der Waals surface area contributed by atoms with E-state index in [0.29, 0.717) is 5.36 Å². The average Bonchev–Trinajstić information content (AvgIpc) is 2.63. The number of nitrogens with zero attached hydrogens (tertiary/aromatic N) is 2. The molecule has 2 heterocycles. The van der Waals surface area contributed by atoms with Gasteiger partial charge >= 0.3 is 0 Å². The number of amides is 1. The van der Waals surface area contributed by atoms with Crippen molar-refractivity contribution in [3.63, 3.8) is 0 Å². The van der Waals surface area contributed by atoms with E-state index >= 15 is 0 Å². The molecule has 4 nitrogen and oxygen atoms in total. The fourth-order valence-electron chi connectivity index (χ4n) is 1.48. The molecule has 1 aromatic heterocycles. The summed E-state index contributed by atoms with van der Waals surface area (Å²) in [5.41, 5.74) is 1.77. The highest BCUT2D eigenvalue weighted by Gasteiger charge is 2.05. The van der Waals surface area contributed by atoms with Crippen molar-refractivity contribution >= 4 is 35.4 Å². The van der Waals surface area contributed by atoms with E-state index in [1.54, 1.807) is 6.33 Å². The fourth-order valence-corrected chi connectivity index (χ4v) is 1.48. The Labute approximate surface area is 84.8 Å². The molecule has 5 heteroatoms. The quantitative estimate of drug-likeness (QED) is 0.657. The van der Waals surface area contributed by atoms with Crippen LogP contribution in [0, 0.1) is 0 Å². The van der Waals surface area contributed by atoms with Gasteiger partial charge in [0.25, 0.3) is 5.91 Å². The van der Waals surface area contributed by atoms with Crippen LogP contribution in [0.25, 0.3) is 17.1 Å².